The SMILES string of the molecule is CC1C(=O)NCCN1Cc1cc(=O)c(O)co1. The second kappa shape index (κ2) is 4.58. The zero-order valence-electron chi connectivity index (χ0n) is 9.47. The van der Waals surface area contributed by atoms with Crippen molar-refractivity contribution in [2.45, 2.75) is 19.5 Å². The predicted octanol–water partition coefficient (Wildman–Crippen LogP) is -0.334. The molecule has 0 bridgehead atoms. The average molecular weight is 238 g/mol. The maximum absolute atomic E-state index is 11.4. The van der Waals surface area contributed by atoms with E-state index in [4.69, 9.17) is 9.52 Å². The van der Waals surface area contributed by atoms with Crippen LogP contribution < -0.4 is 10.7 Å². The molecule has 1 atom stereocenters. The second-order valence-electron chi connectivity index (χ2n) is 4.03. The summed E-state index contributed by atoms with van der Waals surface area (Å²) in [6.07, 6.45) is 1.02. The Bertz CT molecular complexity index is 483. The van der Waals surface area contributed by atoms with E-state index in [2.05, 4.69) is 5.32 Å². The summed E-state index contributed by atoms with van der Waals surface area (Å²) in [7, 11) is 0. The van der Waals surface area contributed by atoms with E-state index in [0.29, 0.717) is 25.4 Å². The van der Waals surface area contributed by atoms with E-state index in [9.17, 15) is 9.59 Å². The van der Waals surface area contributed by atoms with E-state index in [0.717, 1.165) is 6.26 Å². The van der Waals surface area contributed by atoms with Crippen LogP contribution in [0.2, 0.25) is 0 Å². The lowest BCUT2D eigenvalue weighted by molar-refractivity contribution is -0.128. The van der Waals surface area contributed by atoms with E-state index >= 15 is 0 Å². The fourth-order valence-corrected chi connectivity index (χ4v) is 1.77. The number of nitrogens with one attached hydrogen (secondary N) is 1. The van der Waals surface area contributed by atoms with Gasteiger partial charge in [-0.25, -0.2) is 0 Å². The molecule has 2 N–H and O–H groups in total. The van der Waals surface area contributed by atoms with Gasteiger partial charge in [-0.1, -0.05) is 0 Å². The van der Waals surface area contributed by atoms with Gasteiger partial charge >= 0.3 is 0 Å². The molecular formula is C11H14N2O4. The van der Waals surface area contributed by atoms with Crippen molar-refractivity contribution >= 4 is 5.91 Å². The van der Waals surface area contributed by atoms with E-state index in [-0.39, 0.29) is 11.9 Å². The second-order valence-corrected chi connectivity index (χ2v) is 4.03. The quantitative estimate of drug-likeness (QED) is 0.737. The van der Waals surface area contributed by atoms with Gasteiger partial charge in [-0.3, -0.25) is 14.5 Å². The first kappa shape index (κ1) is 11.7. The number of carbonyl (C=O) groups excluding carboxylic acids is 1. The molecular weight excluding hydrogens is 224 g/mol. The van der Waals surface area contributed by atoms with Crippen molar-refractivity contribution < 1.29 is 14.3 Å². The maximum Gasteiger partial charge on any atom is 0.237 e. The van der Waals surface area contributed by atoms with E-state index in [1.807, 2.05) is 4.90 Å². The molecule has 0 aliphatic carbocycles. The highest BCUT2D eigenvalue weighted by Gasteiger charge is 2.25. The minimum atomic E-state index is -0.472. The van der Waals surface area contributed by atoms with Gasteiger partial charge in [0.05, 0.1) is 12.6 Å². The van der Waals surface area contributed by atoms with Gasteiger partial charge in [0.2, 0.25) is 11.3 Å². The zero-order chi connectivity index (χ0) is 12.4. The molecule has 0 spiro atoms. The number of hydrogen-bond donors (Lipinski definition) is 2. The molecule has 1 aromatic rings. The summed E-state index contributed by atoms with van der Waals surface area (Å²) in [4.78, 5) is 24.6. The number of piperazine rings is 1. The highest BCUT2D eigenvalue weighted by Crippen LogP contribution is 2.11. The Hall–Kier alpha value is -1.82. The Morgan fingerprint density at radius 1 is 1.59 bits per heavy atom. The van der Waals surface area contributed by atoms with Gasteiger partial charge in [-0.2, -0.15) is 0 Å². The lowest BCUT2D eigenvalue weighted by Crippen LogP contribution is -2.53. The third-order valence-corrected chi connectivity index (χ3v) is 2.85. The highest BCUT2D eigenvalue weighted by molar-refractivity contribution is 5.81. The first-order valence-corrected chi connectivity index (χ1v) is 5.40. The molecule has 2 rings (SSSR count). The Balaban J connectivity index is 2.12. The molecule has 2 heterocycles. The molecule has 1 saturated heterocycles. The van der Waals surface area contributed by atoms with E-state index in [1.54, 1.807) is 6.92 Å². The molecule has 6 heteroatoms. The van der Waals surface area contributed by atoms with Crippen molar-refractivity contribution in [2.75, 3.05) is 13.1 Å². The molecule has 17 heavy (non-hydrogen) atoms. The molecule has 1 fully saturated rings. The topological polar surface area (TPSA) is 82.8 Å². The molecule has 1 aliphatic rings. The lowest BCUT2D eigenvalue weighted by Gasteiger charge is -2.32. The monoisotopic (exact) mass is 238 g/mol. The average Bonchev–Trinajstić information content (AvgIpc) is 2.30. The summed E-state index contributed by atoms with van der Waals surface area (Å²) in [6.45, 7) is 3.47. The molecule has 1 amide bonds. The van der Waals surface area contributed by atoms with Crippen LogP contribution in [0.1, 0.15) is 12.7 Å². The van der Waals surface area contributed by atoms with Crippen molar-refractivity contribution in [1.29, 1.82) is 0 Å². The van der Waals surface area contributed by atoms with Crippen LogP contribution in [0, 0.1) is 0 Å². The summed E-state index contributed by atoms with van der Waals surface area (Å²) >= 11 is 0. The summed E-state index contributed by atoms with van der Waals surface area (Å²) < 4.78 is 5.10. The van der Waals surface area contributed by atoms with Crippen LogP contribution in [0.3, 0.4) is 0 Å². The fourth-order valence-electron chi connectivity index (χ4n) is 1.77. The number of hydrogen-bond acceptors (Lipinski definition) is 5. The van der Waals surface area contributed by atoms with Gasteiger partial charge in [0.1, 0.15) is 12.0 Å². The first-order chi connectivity index (χ1) is 8.08. The summed E-state index contributed by atoms with van der Waals surface area (Å²) in [6, 6.07) is 0.997. The molecule has 6 nitrogen and oxygen atoms in total. The fraction of sp³-hybridized carbons (Fsp3) is 0.455. The van der Waals surface area contributed by atoms with Crippen LogP contribution in [0.5, 0.6) is 5.75 Å². The first-order valence-electron chi connectivity index (χ1n) is 5.40. The van der Waals surface area contributed by atoms with Gasteiger partial charge in [-0.15, -0.1) is 0 Å². The van der Waals surface area contributed by atoms with Crippen molar-refractivity contribution in [1.82, 2.24) is 10.2 Å². The summed E-state index contributed by atoms with van der Waals surface area (Å²) in [5.74, 6) is 0.00455. The van der Waals surface area contributed by atoms with Crippen molar-refractivity contribution in [3.05, 3.63) is 28.3 Å². The third kappa shape index (κ3) is 2.47. The van der Waals surface area contributed by atoms with Crippen LogP contribution in [0.25, 0.3) is 0 Å². The number of amides is 1. The lowest BCUT2D eigenvalue weighted by atomic mass is 10.2. The molecule has 92 valence electrons. The Labute approximate surface area is 97.8 Å². The van der Waals surface area contributed by atoms with Crippen molar-refractivity contribution in [3.8, 4) is 5.75 Å². The zero-order valence-corrected chi connectivity index (χ0v) is 9.47. The largest absolute Gasteiger partial charge is 0.502 e. The van der Waals surface area contributed by atoms with Crippen LogP contribution >= 0.6 is 0 Å². The number of rotatable bonds is 2. The summed E-state index contributed by atoms with van der Waals surface area (Å²) in [5, 5.41) is 11.8. The van der Waals surface area contributed by atoms with Crippen LogP contribution in [-0.4, -0.2) is 35.0 Å². The van der Waals surface area contributed by atoms with Gasteiger partial charge < -0.3 is 14.8 Å². The van der Waals surface area contributed by atoms with E-state index < -0.39 is 11.2 Å². The predicted molar refractivity (Wildman–Crippen MR) is 59.5 cm³/mol. The maximum atomic E-state index is 11.4. The van der Waals surface area contributed by atoms with Gasteiger partial charge in [-0.05, 0) is 6.92 Å². The normalized spacial score (nSPS) is 21.2. The molecule has 1 unspecified atom stereocenters. The molecule has 0 aromatic carbocycles. The Morgan fingerprint density at radius 3 is 3.06 bits per heavy atom. The van der Waals surface area contributed by atoms with E-state index in [1.165, 1.54) is 6.07 Å². The van der Waals surface area contributed by atoms with Gasteiger partial charge in [0.25, 0.3) is 0 Å². The number of aromatic hydroxyl groups is 1. The van der Waals surface area contributed by atoms with Crippen LogP contribution in [0.15, 0.2) is 21.5 Å². The smallest absolute Gasteiger partial charge is 0.237 e. The number of carbonyl (C=O) groups is 1. The molecule has 0 radical (unpaired) electrons. The number of nitrogens with zero attached hydrogens (tertiary/aromatic N) is 1. The highest BCUT2D eigenvalue weighted by atomic mass is 16.4. The molecule has 0 saturated carbocycles. The Morgan fingerprint density at radius 2 is 2.35 bits per heavy atom. The van der Waals surface area contributed by atoms with Gasteiger partial charge in [0.15, 0.2) is 5.75 Å². The minimum absolute atomic E-state index is 0.0302. The molecule has 1 aromatic heterocycles. The van der Waals surface area contributed by atoms with Crippen LogP contribution in [-0.2, 0) is 11.3 Å². The Kier molecular flexibility index (Phi) is 3.14. The molecule has 1 aliphatic heterocycles. The van der Waals surface area contributed by atoms with Gasteiger partial charge in [0, 0.05) is 19.2 Å². The van der Waals surface area contributed by atoms with Crippen molar-refractivity contribution in [3.63, 3.8) is 0 Å². The summed E-state index contributed by atoms with van der Waals surface area (Å²) in [5.41, 5.74) is -0.472. The van der Waals surface area contributed by atoms with Crippen molar-refractivity contribution in [2.24, 2.45) is 0 Å². The standard InChI is InChI=1S/C11H14N2O4/c1-7-11(16)12-2-3-13(7)5-8-4-9(14)10(15)6-17-8/h4,6-7,15H,2-3,5H2,1H3,(H,12,16). The minimum Gasteiger partial charge on any atom is -0.502 e. The van der Waals surface area contributed by atoms with Crippen LogP contribution in [0.4, 0.5) is 0 Å². The third-order valence-electron chi connectivity index (χ3n) is 2.85.